The average molecular weight is 577 g/mol. The van der Waals surface area contributed by atoms with Gasteiger partial charge in [0.15, 0.2) is 23.4 Å². The molecule has 214 valence electrons. The Balaban J connectivity index is 1.43. The molecule has 4 atom stereocenters. The number of ether oxygens (including phenoxy) is 2. The number of fused-ring (bicyclic) bond motifs is 2. The number of nitrogens with zero attached hydrogens (tertiary/aromatic N) is 2. The van der Waals surface area contributed by atoms with Crippen molar-refractivity contribution in [3.05, 3.63) is 165 Å². The van der Waals surface area contributed by atoms with Gasteiger partial charge in [0.05, 0.1) is 23.3 Å². The first-order valence-corrected chi connectivity index (χ1v) is 14.4. The third-order valence-electron chi connectivity index (χ3n) is 8.82. The summed E-state index contributed by atoms with van der Waals surface area (Å²) in [6, 6.07) is 37.2. The summed E-state index contributed by atoms with van der Waals surface area (Å²) in [6.45, 7) is 3.97. The second-order valence-electron chi connectivity index (χ2n) is 11.6. The Kier molecular flexibility index (Phi) is 6.30. The lowest BCUT2D eigenvalue weighted by atomic mass is 9.76. The van der Waals surface area contributed by atoms with Crippen molar-refractivity contribution in [1.82, 2.24) is 0 Å². The van der Waals surface area contributed by atoms with Crippen LogP contribution in [0.25, 0.3) is 0 Å². The number of aryl methyl sites for hydroxylation is 2. The minimum atomic E-state index is -1.62. The van der Waals surface area contributed by atoms with Crippen molar-refractivity contribution in [2.45, 2.75) is 37.3 Å². The van der Waals surface area contributed by atoms with E-state index in [2.05, 4.69) is 12.1 Å². The Morgan fingerprint density at radius 1 is 0.545 bits per heavy atom. The Morgan fingerprint density at radius 2 is 0.909 bits per heavy atom. The van der Waals surface area contributed by atoms with Crippen LogP contribution in [0.1, 0.15) is 67.8 Å². The molecule has 5 aromatic carbocycles. The fraction of sp³-hybridized carbons (Fsp3) is 0.158. The van der Waals surface area contributed by atoms with Crippen LogP contribution in [0.5, 0.6) is 11.5 Å². The van der Waals surface area contributed by atoms with Gasteiger partial charge in [-0.05, 0) is 66.4 Å². The molecule has 5 aromatic rings. The number of rotatable bonds is 4. The van der Waals surface area contributed by atoms with Crippen LogP contribution >= 0.6 is 0 Å². The van der Waals surface area contributed by atoms with E-state index in [0.717, 1.165) is 11.1 Å². The Hall–Kier alpha value is -5.40. The second kappa shape index (κ2) is 10.1. The van der Waals surface area contributed by atoms with E-state index in [1.54, 1.807) is 60.7 Å². The molecule has 0 spiro atoms. The fourth-order valence-electron chi connectivity index (χ4n) is 6.37. The molecule has 0 amide bonds. The highest BCUT2D eigenvalue weighted by molar-refractivity contribution is 5.62. The Bertz CT molecular complexity index is 1830. The van der Waals surface area contributed by atoms with Crippen LogP contribution in [0.3, 0.4) is 0 Å². The van der Waals surface area contributed by atoms with E-state index in [1.165, 1.54) is 0 Å². The maximum Gasteiger partial charge on any atom is 0.161 e. The lowest BCUT2D eigenvalue weighted by Gasteiger charge is -2.32. The normalized spacial score (nSPS) is 23.0. The van der Waals surface area contributed by atoms with Crippen LogP contribution < -0.4 is 9.47 Å². The molecular formula is C38H28N2O4. The van der Waals surface area contributed by atoms with Gasteiger partial charge in [-0.2, -0.15) is 10.5 Å². The predicted octanol–water partition coefficient (Wildman–Crippen LogP) is 6.79. The summed E-state index contributed by atoms with van der Waals surface area (Å²) in [5.41, 5.74) is 3.56. The molecule has 2 N–H and O–H groups in total. The van der Waals surface area contributed by atoms with Gasteiger partial charge in [-0.1, -0.05) is 83.9 Å². The van der Waals surface area contributed by atoms with Gasteiger partial charge in [0.25, 0.3) is 0 Å². The summed E-state index contributed by atoms with van der Waals surface area (Å²) in [7, 11) is 0. The number of nitriles is 2. The molecule has 6 heteroatoms. The second-order valence-corrected chi connectivity index (χ2v) is 11.6. The van der Waals surface area contributed by atoms with Crippen LogP contribution in [0.2, 0.25) is 0 Å². The standard InChI is InChI=1S/C38H28N2O4/c1-23-3-15-29(16-4-23)37(41)31-19-32-34(20-33(31)43-35(37)27-11-7-25(21-39)8-12-27)44-36(28-13-9-26(22-40)10-14-28)38(32,42)30-17-5-24(2)6-18-30/h3-20,35-36,41-42H,1-2H3. The summed E-state index contributed by atoms with van der Waals surface area (Å²) in [5.74, 6) is 0.876. The van der Waals surface area contributed by atoms with Gasteiger partial charge in [0.2, 0.25) is 0 Å². The summed E-state index contributed by atoms with van der Waals surface area (Å²) < 4.78 is 13.0. The third-order valence-corrected chi connectivity index (χ3v) is 8.82. The zero-order chi connectivity index (χ0) is 30.6. The van der Waals surface area contributed by atoms with Crippen molar-refractivity contribution in [2.24, 2.45) is 0 Å². The predicted molar refractivity (Wildman–Crippen MR) is 164 cm³/mol. The third kappa shape index (κ3) is 4.08. The number of benzene rings is 5. The Morgan fingerprint density at radius 3 is 1.25 bits per heavy atom. The molecule has 6 nitrogen and oxygen atoms in total. The maximum atomic E-state index is 12.8. The van der Waals surface area contributed by atoms with Crippen molar-refractivity contribution in [3.8, 4) is 23.6 Å². The van der Waals surface area contributed by atoms with Gasteiger partial charge in [0, 0.05) is 17.2 Å². The topological polar surface area (TPSA) is 107 Å². The van der Waals surface area contributed by atoms with Crippen LogP contribution in [0, 0.1) is 36.5 Å². The fourth-order valence-corrected chi connectivity index (χ4v) is 6.37. The average Bonchev–Trinajstić information content (AvgIpc) is 3.52. The first kappa shape index (κ1) is 27.4. The smallest absolute Gasteiger partial charge is 0.161 e. The summed E-state index contributed by atoms with van der Waals surface area (Å²) >= 11 is 0. The summed E-state index contributed by atoms with van der Waals surface area (Å²) in [4.78, 5) is 0. The van der Waals surface area contributed by atoms with E-state index in [4.69, 9.17) is 9.47 Å². The van der Waals surface area contributed by atoms with E-state index in [-0.39, 0.29) is 0 Å². The van der Waals surface area contributed by atoms with Crippen LogP contribution in [0.15, 0.2) is 109 Å². The quantitative estimate of drug-likeness (QED) is 0.244. The van der Waals surface area contributed by atoms with E-state index in [9.17, 15) is 20.7 Å². The molecule has 0 bridgehead atoms. The Labute approximate surface area is 255 Å². The molecule has 0 saturated heterocycles. The highest BCUT2D eigenvalue weighted by Crippen LogP contribution is 2.59. The van der Waals surface area contributed by atoms with E-state index >= 15 is 0 Å². The minimum Gasteiger partial charge on any atom is -0.481 e. The highest BCUT2D eigenvalue weighted by atomic mass is 16.5. The molecular weight excluding hydrogens is 548 g/mol. The zero-order valence-corrected chi connectivity index (χ0v) is 24.2. The number of aliphatic hydroxyl groups is 2. The molecule has 2 aliphatic rings. The number of hydrogen-bond donors (Lipinski definition) is 2. The minimum absolute atomic E-state index is 0.438. The lowest BCUT2D eigenvalue weighted by molar-refractivity contribution is -0.0118. The van der Waals surface area contributed by atoms with Crippen molar-refractivity contribution < 1.29 is 19.7 Å². The van der Waals surface area contributed by atoms with Crippen molar-refractivity contribution >= 4 is 0 Å². The first-order valence-electron chi connectivity index (χ1n) is 14.4. The molecule has 0 fully saturated rings. The summed E-state index contributed by atoms with van der Waals surface area (Å²) in [5, 5.41) is 44.2. The first-order chi connectivity index (χ1) is 21.2. The molecule has 7 rings (SSSR count). The van der Waals surface area contributed by atoms with Gasteiger partial charge in [0.1, 0.15) is 11.5 Å². The number of hydrogen-bond acceptors (Lipinski definition) is 6. The van der Waals surface area contributed by atoms with Crippen LogP contribution in [-0.2, 0) is 11.2 Å². The molecule has 2 heterocycles. The van der Waals surface area contributed by atoms with Crippen LogP contribution in [0.4, 0.5) is 0 Å². The molecule has 0 aromatic heterocycles. The van der Waals surface area contributed by atoms with Gasteiger partial charge in [-0.15, -0.1) is 0 Å². The van der Waals surface area contributed by atoms with Gasteiger partial charge in [-0.25, -0.2) is 0 Å². The zero-order valence-electron chi connectivity index (χ0n) is 24.2. The largest absolute Gasteiger partial charge is 0.481 e. The lowest BCUT2D eigenvalue weighted by Crippen LogP contribution is -2.34. The maximum absolute atomic E-state index is 12.8. The highest BCUT2D eigenvalue weighted by Gasteiger charge is 2.55. The monoisotopic (exact) mass is 576 g/mol. The molecule has 2 aliphatic heterocycles. The SMILES string of the molecule is Cc1ccc(C2(O)c3cc4c(cc3OC2c2ccc(C#N)cc2)OC(c2ccc(C#N)cc2)C4(O)c2ccc(C)cc2)cc1. The van der Waals surface area contributed by atoms with Crippen molar-refractivity contribution in [2.75, 3.05) is 0 Å². The van der Waals surface area contributed by atoms with E-state index in [1.807, 2.05) is 62.4 Å². The van der Waals surface area contributed by atoms with Crippen molar-refractivity contribution in [1.29, 1.82) is 10.5 Å². The van der Waals surface area contributed by atoms with E-state index in [0.29, 0.717) is 56.0 Å². The van der Waals surface area contributed by atoms with Gasteiger partial charge < -0.3 is 19.7 Å². The van der Waals surface area contributed by atoms with Gasteiger partial charge in [-0.3, -0.25) is 0 Å². The van der Waals surface area contributed by atoms with Crippen molar-refractivity contribution in [3.63, 3.8) is 0 Å². The molecule has 4 unspecified atom stereocenters. The summed E-state index contributed by atoms with van der Waals surface area (Å²) in [6.07, 6.45) is -1.64. The molecule has 0 saturated carbocycles. The molecule has 44 heavy (non-hydrogen) atoms. The van der Waals surface area contributed by atoms with Gasteiger partial charge >= 0.3 is 0 Å². The van der Waals surface area contributed by atoms with E-state index < -0.39 is 23.4 Å². The molecule has 0 aliphatic carbocycles. The molecule has 0 radical (unpaired) electrons. The van der Waals surface area contributed by atoms with Crippen LogP contribution in [-0.4, -0.2) is 10.2 Å².